The lowest BCUT2D eigenvalue weighted by Crippen LogP contribution is -2.06. The molecule has 5 nitrogen and oxygen atoms in total. The number of pyridine rings is 1. The van der Waals surface area contributed by atoms with Gasteiger partial charge < -0.3 is 9.47 Å². The summed E-state index contributed by atoms with van der Waals surface area (Å²) in [7, 11) is 1.55. The minimum absolute atomic E-state index is 0.174. The fraction of sp³-hybridized carbons (Fsp3) is 0.0625. The highest BCUT2D eigenvalue weighted by Crippen LogP contribution is 2.26. The van der Waals surface area contributed by atoms with E-state index in [9.17, 15) is 4.79 Å². The lowest BCUT2D eigenvalue weighted by Gasteiger charge is -2.05. The summed E-state index contributed by atoms with van der Waals surface area (Å²) < 4.78 is 10.3. The Morgan fingerprint density at radius 1 is 1.32 bits per heavy atom. The largest absolute Gasteiger partial charge is 0.497 e. The number of aliphatic imine (C=N–C) groups is 1. The molecule has 0 amide bonds. The molecule has 110 valence electrons. The molecular weight excluding hydrogens is 304 g/mol. The van der Waals surface area contributed by atoms with E-state index < -0.39 is 5.97 Å². The molecule has 0 N–H and O–H groups in total. The van der Waals surface area contributed by atoms with Crippen LogP contribution in [-0.4, -0.2) is 24.0 Å². The number of esters is 1. The Balaban J connectivity index is 1.95. The van der Waals surface area contributed by atoms with Gasteiger partial charge >= 0.3 is 5.97 Å². The molecule has 0 saturated carbocycles. The Kier molecular flexibility index (Phi) is 3.89. The van der Waals surface area contributed by atoms with Crippen molar-refractivity contribution in [3.8, 4) is 5.75 Å². The standard InChI is InChI=1S/C16H11ClN2O3/c1-21-11-4-5-12(13(17)8-11)15-19-14(16(20)22-15)7-10-3-2-6-18-9-10/h2-9H,1H3. The van der Waals surface area contributed by atoms with Crippen molar-refractivity contribution in [2.75, 3.05) is 7.11 Å². The SMILES string of the molecule is COc1ccc(C2=NC(=Cc3cccnc3)C(=O)O2)c(Cl)c1. The first-order valence-corrected chi connectivity index (χ1v) is 6.81. The van der Waals surface area contributed by atoms with Gasteiger partial charge in [0.15, 0.2) is 5.70 Å². The Labute approximate surface area is 131 Å². The van der Waals surface area contributed by atoms with Crippen LogP contribution >= 0.6 is 11.6 Å². The average molecular weight is 315 g/mol. The Morgan fingerprint density at radius 2 is 2.18 bits per heavy atom. The van der Waals surface area contributed by atoms with Crippen molar-refractivity contribution in [1.82, 2.24) is 4.98 Å². The molecular formula is C16H11ClN2O3. The first kappa shape index (κ1) is 14.3. The minimum atomic E-state index is -0.522. The fourth-order valence-corrected chi connectivity index (χ4v) is 2.19. The number of nitrogens with zero attached hydrogens (tertiary/aromatic N) is 2. The fourth-order valence-electron chi connectivity index (χ4n) is 1.94. The van der Waals surface area contributed by atoms with Crippen LogP contribution in [-0.2, 0) is 9.53 Å². The van der Waals surface area contributed by atoms with E-state index in [4.69, 9.17) is 21.1 Å². The predicted octanol–water partition coefficient (Wildman–Crippen LogP) is 3.09. The molecule has 22 heavy (non-hydrogen) atoms. The van der Waals surface area contributed by atoms with Gasteiger partial charge in [-0.2, -0.15) is 0 Å². The van der Waals surface area contributed by atoms with Crippen LogP contribution in [0.1, 0.15) is 11.1 Å². The van der Waals surface area contributed by atoms with E-state index in [-0.39, 0.29) is 11.6 Å². The molecule has 3 rings (SSSR count). The number of carbonyl (C=O) groups excluding carboxylic acids is 1. The van der Waals surface area contributed by atoms with Crippen molar-refractivity contribution in [2.45, 2.75) is 0 Å². The second-order valence-corrected chi connectivity index (χ2v) is 4.88. The van der Waals surface area contributed by atoms with Crippen LogP contribution in [0.25, 0.3) is 6.08 Å². The van der Waals surface area contributed by atoms with Gasteiger partial charge in [-0.3, -0.25) is 4.98 Å². The third-order valence-corrected chi connectivity index (χ3v) is 3.33. The number of aromatic nitrogens is 1. The maximum atomic E-state index is 11.9. The lowest BCUT2D eigenvalue weighted by atomic mass is 10.2. The van der Waals surface area contributed by atoms with Gasteiger partial charge in [-0.15, -0.1) is 0 Å². The number of ether oxygens (including phenoxy) is 2. The molecule has 0 bridgehead atoms. The van der Waals surface area contributed by atoms with Crippen molar-refractivity contribution in [2.24, 2.45) is 4.99 Å². The molecule has 0 unspecified atom stereocenters. The van der Waals surface area contributed by atoms with Gasteiger partial charge in [0.1, 0.15) is 5.75 Å². The number of cyclic esters (lactones) is 1. The molecule has 0 radical (unpaired) electrons. The van der Waals surface area contributed by atoms with Crippen molar-refractivity contribution in [3.05, 3.63) is 64.6 Å². The zero-order valence-electron chi connectivity index (χ0n) is 11.6. The summed E-state index contributed by atoms with van der Waals surface area (Å²) in [6.45, 7) is 0. The van der Waals surface area contributed by atoms with Crippen LogP contribution in [0.3, 0.4) is 0 Å². The van der Waals surface area contributed by atoms with Gasteiger partial charge in [-0.1, -0.05) is 17.7 Å². The van der Waals surface area contributed by atoms with Crippen molar-refractivity contribution >= 4 is 29.5 Å². The molecule has 0 spiro atoms. The topological polar surface area (TPSA) is 60.8 Å². The molecule has 0 fully saturated rings. The molecule has 2 heterocycles. The molecule has 6 heteroatoms. The summed E-state index contributed by atoms with van der Waals surface area (Å²) in [5, 5.41) is 0.397. The van der Waals surface area contributed by atoms with Gasteiger partial charge in [0, 0.05) is 12.4 Å². The monoisotopic (exact) mass is 314 g/mol. The smallest absolute Gasteiger partial charge is 0.363 e. The van der Waals surface area contributed by atoms with Gasteiger partial charge in [0.05, 0.1) is 17.7 Å². The van der Waals surface area contributed by atoms with E-state index in [1.807, 2.05) is 6.07 Å². The van der Waals surface area contributed by atoms with Crippen molar-refractivity contribution in [1.29, 1.82) is 0 Å². The van der Waals surface area contributed by atoms with Crippen LogP contribution in [0.15, 0.2) is 53.4 Å². The predicted molar refractivity (Wildman–Crippen MR) is 82.8 cm³/mol. The highest BCUT2D eigenvalue weighted by Gasteiger charge is 2.25. The van der Waals surface area contributed by atoms with Crippen molar-refractivity contribution in [3.63, 3.8) is 0 Å². The number of benzene rings is 1. The van der Waals surface area contributed by atoms with Crippen LogP contribution < -0.4 is 4.74 Å². The van der Waals surface area contributed by atoms with Crippen molar-refractivity contribution < 1.29 is 14.3 Å². The summed E-state index contributed by atoms with van der Waals surface area (Å²) in [6, 6.07) is 8.65. The number of halogens is 1. The summed E-state index contributed by atoms with van der Waals surface area (Å²) in [5.41, 5.74) is 1.50. The maximum Gasteiger partial charge on any atom is 0.363 e. The highest BCUT2D eigenvalue weighted by molar-refractivity contribution is 6.34. The number of hydrogen-bond donors (Lipinski definition) is 0. The van der Waals surface area contributed by atoms with Crippen LogP contribution in [0.4, 0.5) is 0 Å². The highest BCUT2D eigenvalue weighted by atomic mass is 35.5. The van der Waals surface area contributed by atoms with E-state index in [2.05, 4.69) is 9.98 Å². The van der Waals surface area contributed by atoms with Gasteiger partial charge in [0.2, 0.25) is 5.90 Å². The van der Waals surface area contributed by atoms with E-state index in [1.165, 1.54) is 0 Å². The molecule has 1 aromatic heterocycles. The summed E-state index contributed by atoms with van der Waals surface area (Å²) in [4.78, 5) is 20.1. The third-order valence-electron chi connectivity index (χ3n) is 3.01. The Hall–Kier alpha value is -2.66. The first-order valence-electron chi connectivity index (χ1n) is 6.44. The maximum absolute atomic E-state index is 11.9. The third kappa shape index (κ3) is 2.84. The van der Waals surface area contributed by atoms with E-state index >= 15 is 0 Å². The molecule has 0 aliphatic carbocycles. The van der Waals surface area contributed by atoms with Gasteiger partial charge in [-0.05, 0) is 35.9 Å². The Morgan fingerprint density at radius 3 is 2.86 bits per heavy atom. The molecule has 2 aromatic rings. The van der Waals surface area contributed by atoms with E-state index in [0.29, 0.717) is 16.3 Å². The van der Waals surface area contributed by atoms with Gasteiger partial charge in [-0.25, -0.2) is 9.79 Å². The molecule has 1 aliphatic rings. The number of carbonyl (C=O) groups is 1. The molecule has 0 saturated heterocycles. The van der Waals surface area contributed by atoms with Crippen LogP contribution in [0, 0.1) is 0 Å². The Bertz CT molecular complexity index is 785. The summed E-state index contributed by atoms with van der Waals surface area (Å²) in [5.74, 6) is 0.267. The molecule has 1 aromatic carbocycles. The zero-order valence-corrected chi connectivity index (χ0v) is 12.4. The average Bonchev–Trinajstić information content (AvgIpc) is 2.89. The first-order chi connectivity index (χ1) is 10.7. The lowest BCUT2D eigenvalue weighted by molar-refractivity contribution is -0.129. The normalized spacial score (nSPS) is 15.6. The van der Waals surface area contributed by atoms with Crippen LogP contribution in [0.2, 0.25) is 5.02 Å². The zero-order chi connectivity index (χ0) is 15.5. The van der Waals surface area contributed by atoms with Crippen LogP contribution in [0.5, 0.6) is 5.75 Å². The van der Waals surface area contributed by atoms with E-state index in [1.54, 1.807) is 49.8 Å². The number of methoxy groups -OCH3 is 1. The quantitative estimate of drug-likeness (QED) is 0.645. The second-order valence-electron chi connectivity index (χ2n) is 4.47. The van der Waals surface area contributed by atoms with E-state index in [0.717, 1.165) is 5.56 Å². The second kappa shape index (κ2) is 5.99. The molecule has 1 aliphatic heterocycles. The number of hydrogen-bond acceptors (Lipinski definition) is 5. The summed E-state index contributed by atoms with van der Waals surface area (Å²) in [6.07, 6.45) is 4.90. The number of rotatable bonds is 3. The summed E-state index contributed by atoms with van der Waals surface area (Å²) >= 11 is 6.16. The van der Waals surface area contributed by atoms with Gasteiger partial charge in [0.25, 0.3) is 0 Å². The minimum Gasteiger partial charge on any atom is -0.497 e. The molecule has 0 atom stereocenters.